The number of hydrogen-bond donors (Lipinski definition) is 1. The molecule has 1 amide bonds. The number of carbonyl (C=O) groups excluding carboxylic acids is 1. The molecule has 5 heteroatoms. The summed E-state index contributed by atoms with van der Waals surface area (Å²) in [6, 6.07) is 17.6. The normalized spacial score (nSPS) is 11.0. The molecule has 0 radical (unpaired) electrons. The minimum atomic E-state index is -0.220. The molecule has 4 aromatic rings. The van der Waals surface area contributed by atoms with Gasteiger partial charge in [0.25, 0.3) is 5.91 Å². The van der Waals surface area contributed by atoms with Crippen LogP contribution in [0, 0.1) is 13.8 Å². The number of fused-ring (bicyclic) bond motifs is 1. The quantitative estimate of drug-likeness (QED) is 0.617. The van der Waals surface area contributed by atoms with Crippen LogP contribution in [-0.2, 0) is 0 Å². The minimum Gasteiger partial charge on any atom is -0.321 e. The third kappa shape index (κ3) is 2.80. The molecule has 0 bridgehead atoms. The molecule has 0 unspecified atom stereocenters. The smallest absolute Gasteiger partial charge is 0.276 e. The van der Waals surface area contributed by atoms with E-state index >= 15 is 0 Å². The van der Waals surface area contributed by atoms with Crippen molar-refractivity contribution in [3.8, 4) is 5.82 Å². The molecular weight excluding hydrogens is 312 g/mol. The summed E-state index contributed by atoms with van der Waals surface area (Å²) in [5, 5.41) is 7.32. The summed E-state index contributed by atoms with van der Waals surface area (Å²) in [4.78, 5) is 12.5. The lowest BCUT2D eigenvalue weighted by atomic mass is 10.1. The van der Waals surface area contributed by atoms with E-state index in [4.69, 9.17) is 0 Å². The van der Waals surface area contributed by atoms with Crippen molar-refractivity contribution in [1.29, 1.82) is 0 Å². The van der Waals surface area contributed by atoms with E-state index in [1.54, 1.807) is 16.9 Å². The number of hydrogen-bond acceptors (Lipinski definition) is 2. The summed E-state index contributed by atoms with van der Waals surface area (Å²) in [7, 11) is 0. The van der Waals surface area contributed by atoms with Crippen LogP contribution in [0.3, 0.4) is 0 Å². The Hall–Kier alpha value is -3.34. The molecule has 25 heavy (non-hydrogen) atoms. The van der Waals surface area contributed by atoms with Crippen LogP contribution in [-0.4, -0.2) is 20.1 Å². The van der Waals surface area contributed by atoms with E-state index in [0.29, 0.717) is 5.69 Å². The number of rotatable bonds is 3. The third-order valence-corrected chi connectivity index (χ3v) is 4.36. The van der Waals surface area contributed by atoms with Crippen molar-refractivity contribution < 1.29 is 4.79 Å². The monoisotopic (exact) mass is 330 g/mol. The Bertz CT molecular complexity index is 1070. The Kier molecular flexibility index (Phi) is 3.61. The number of carbonyl (C=O) groups is 1. The Labute approximate surface area is 145 Å². The van der Waals surface area contributed by atoms with Gasteiger partial charge in [-0.15, -0.1) is 0 Å². The van der Waals surface area contributed by atoms with E-state index in [0.717, 1.165) is 22.6 Å². The second-order valence-electron chi connectivity index (χ2n) is 6.09. The fraction of sp³-hybridized carbons (Fsp3) is 0.100. The number of aryl methyl sites for hydroxylation is 2. The molecular formula is C20H18N4O. The molecule has 1 N–H and O–H groups in total. The molecule has 0 aliphatic carbocycles. The van der Waals surface area contributed by atoms with Gasteiger partial charge in [0.1, 0.15) is 5.82 Å². The maximum Gasteiger partial charge on any atom is 0.276 e. The van der Waals surface area contributed by atoms with Crippen molar-refractivity contribution in [2.45, 2.75) is 13.8 Å². The topological polar surface area (TPSA) is 51.3 Å². The highest BCUT2D eigenvalue weighted by Crippen LogP contribution is 2.16. The fourth-order valence-corrected chi connectivity index (χ4v) is 2.81. The molecule has 0 aliphatic heterocycles. The summed E-state index contributed by atoms with van der Waals surface area (Å²) < 4.78 is 3.74. The summed E-state index contributed by atoms with van der Waals surface area (Å²) >= 11 is 0. The van der Waals surface area contributed by atoms with Crippen LogP contribution in [0.25, 0.3) is 11.3 Å². The van der Waals surface area contributed by atoms with Gasteiger partial charge >= 0.3 is 0 Å². The van der Waals surface area contributed by atoms with Gasteiger partial charge in [0.15, 0.2) is 5.69 Å². The van der Waals surface area contributed by atoms with Crippen LogP contribution >= 0.6 is 0 Å². The summed E-state index contributed by atoms with van der Waals surface area (Å²) in [5.74, 6) is 0.670. The van der Waals surface area contributed by atoms with Gasteiger partial charge in [-0.2, -0.15) is 5.10 Å². The zero-order valence-electron chi connectivity index (χ0n) is 14.1. The fourth-order valence-electron chi connectivity index (χ4n) is 2.81. The highest BCUT2D eigenvalue weighted by molar-refractivity contribution is 6.02. The second-order valence-corrected chi connectivity index (χ2v) is 6.09. The van der Waals surface area contributed by atoms with Gasteiger partial charge in [0.2, 0.25) is 0 Å². The molecule has 0 saturated carbocycles. The molecule has 3 heterocycles. The first-order valence-electron chi connectivity index (χ1n) is 8.12. The largest absolute Gasteiger partial charge is 0.321 e. The van der Waals surface area contributed by atoms with Crippen molar-refractivity contribution in [1.82, 2.24) is 14.2 Å². The average Bonchev–Trinajstić information content (AvgIpc) is 3.24. The highest BCUT2D eigenvalue weighted by atomic mass is 16.1. The number of nitrogens with zero attached hydrogens (tertiary/aromatic N) is 3. The van der Waals surface area contributed by atoms with Crippen molar-refractivity contribution in [3.05, 3.63) is 83.8 Å². The molecule has 5 nitrogen and oxygen atoms in total. The molecule has 0 spiro atoms. The summed E-state index contributed by atoms with van der Waals surface area (Å²) in [6.45, 7) is 4.07. The van der Waals surface area contributed by atoms with Gasteiger partial charge in [0.05, 0.1) is 0 Å². The lowest BCUT2D eigenvalue weighted by Crippen LogP contribution is -2.13. The molecule has 0 saturated heterocycles. The van der Waals surface area contributed by atoms with E-state index in [-0.39, 0.29) is 5.91 Å². The Morgan fingerprint density at radius 2 is 1.84 bits per heavy atom. The number of amides is 1. The predicted octanol–water partition coefficient (Wildman–Crippen LogP) is 3.99. The Balaban J connectivity index is 1.60. The first kappa shape index (κ1) is 15.2. The molecule has 3 aromatic heterocycles. The van der Waals surface area contributed by atoms with Crippen molar-refractivity contribution in [3.63, 3.8) is 0 Å². The molecule has 0 fully saturated rings. The van der Waals surface area contributed by atoms with Crippen LogP contribution in [0.2, 0.25) is 0 Å². The van der Waals surface area contributed by atoms with Crippen LogP contribution in [0.4, 0.5) is 5.69 Å². The number of nitrogens with one attached hydrogen (secondary N) is 1. The van der Waals surface area contributed by atoms with E-state index < -0.39 is 0 Å². The number of aromatic nitrogens is 3. The van der Waals surface area contributed by atoms with Crippen molar-refractivity contribution in [2.24, 2.45) is 0 Å². The lowest BCUT2D eigenvalue weighted by molar-refractivity contribution is 0.102. The summed E-state index contributed by atoms with van der Waals surface area (Å²) in [5.41, 5.74) is 4.57. The molecule has 4 rings (SSSR count). The maximum atomic E-state index is 12.5. The van der Waals surface area contributed by atoms with Gasteiger partial charge in [-0.25, -0.2) is 4.68 Å². The van der Waals surface area contributed by atoms with E-state index in [9.17, 15) is 4.79 Å². The van der Waals surface area contributed by atoms with Crippen molar-refractivity contribution >= 4 is 17.1 Å². The van der Waals surface area contributed by atoms with Crippen LogP contribution in [0.1, 0.15) is 21.6 Å². The average molecular weight is 330 g/mol. The van der Waals surface area contributed by atoms with E-state index in [1.807, 2.05) is 73.0 Å². The van der Waals surface area contributed by atoms with Crippen LogP contribution < -0.4 is 5.32 Å². The predicted molar refractivity (Wildman–Crippen MR) is 98.4 cm³/mol. The third-order valence-electron chi connectivity index (χ3n) is 4.36. The molecule has 1 aromatic carbocycles. The van der Waals surface area contributed by atoms with Crippen LogP contribution in [0.5, 0.6) is 0 Å². The first-order chi connectivity index (χ1) is 12.1. The number of benzene rings is 1. The van der Waals surface area contributed by atoms with Gasteiger partial charge in [0, 0.05) is 23.6 Å². The Morgan fingerprint density at radius 1 is 0.960 bits per heavy atom. The van der Waals surface area contributed by atoms with Gasteiger partial charge < -0.3 is 9.72 Å². The Morgan fingerprint density at radius 3 is 2.68 bits per heavy atom. The molecule has 0 atom stereocenters. The van der Waals surface area contributed by atoms with Gasteiger partial charge in [-0.1, -0.05) is 12.1 Å². The van der Waals surface area contributed by atoms with E-state index in [2.05, 4.69) is 10.4 Å². The summed E-state index contributed by atoms with van der Waals surface area (Å²) in [6.07, 6.45) is 3.77. The first-order valence-corrected chi connectivity index (χ1v) is 8.12. The maximum absolute atomic E-state index is 12.5. The number of anilines is 1. The van der Waals surface area contributed by atoms with E-state index in [1.165, 1.54) is 5.56 Å². The standard InChI is InChI=1S/C20H18N4O/c1-14-6-7-16(13-15(14)2)21-20(25)18-10-12-24(22-18)19-9-8-17-5-3-4-11-23(17)19/h3-13H,1-2H3,(H,21,25). The SMILES string of the molecule is Cc1ccc(NC(=O)c2ccn(-c3ccc4ccccn34)n2)cc1C. The lowest BCUT2D eigenvalue weighted by Gasteiger charge is -2.06. The van der Waals surface area contributed by atoms with Crippen molar-refractivity contribution in [2.75, 3.05) is 5.32 Å². The number of pyridine rings is 1. The molecule has 0 aliphatic rings. The van der Waals surface area contributed by atoms with Crippen LogP contribution in [0.15, 0.2) is 67.0 Å². The zero-order chi connectivity index (χ0) is 17.4. The van der Waals surface area contributed by atoms with Gasteiger partial charge in [-0.3, -0.25) is 4.79 Å². The highest BCUT2D eigenvalue weighted by Gasteiger charge is 2.12. The zero-order valence-corrected chi connectivity index (χ0v) is 14.1. The molecule has 124 valence electrons. The minimum absolute atomic E-state index is 0.220. The van der Waals surface area contributed by atoms with Gasteiger partial charge in [-0.05, 0) is 67.4 Å². The second kappa shape index (κ2) is 5.94.